The van der Waals surface area contributed by atoms with Crippen LogP contribution in [-0.2, 0) is 4.74 Å². The summed E-state index contributed by atoms with van der Waals surface area (Å²) >= 11 is 0. The lowest BCUT2D eigenvalue weighted by Crippen LogP contribution is -2.35. The Morgan fingerprint density at radius 3 is 2.89 bits per heavy atom. The third-order valence-corrected chi connectivity index (χ3v) is 3.02. The van der Waals surface area contributed by atoms with Crippen LogP contribution in [0.2, 0.25) is 0 Å². The van der Waals surface area contributed by atoms with Crippen LogP contribution in [0, 0.1) is 0 Å². The zero-order valence-electron chi connectivity index (χ0n) is 10.2. The van der Waals surface area contributed by atoms with Gasteiger partial charge in [0.15, 0.2) is 0 Å². The number of hydrogen-bond donors (Lipinski definition) is 0. The van der Waals surface area contributed by atoms with Crippen LogP contribution in [-0.4, -0.2) is 41.8 Å². The zero-order chi connectivity index (χ0) is 12.4. The molecule has 1 saturated heterocycles. The second kappa shape index (κ2) is 4.88. The molecule has 3 rings (SSSR count). The van der Waals surface area contributed by atoms with E-state index >= 15 is 0 Å². The molecule has 5 heteroatoms. The first kappa shape index (κ1) is 11.4. The van der Waals surface area contributed by atoms with E-state index in [0.717, 1.165) is 18.7 Å². The van der Waals surface area contributed by atoms with Gasteiger partial charge in [0, 0.05) is 18.7 Å². The molecular weight excluding hydrogens is 230 g/mol. The van der Waals surface area contributed by atoms with Gasteiger partial charge >= 0.3 is 0 Å². The van der Waals surface area contributed by atoms with Crippen LogP contribution in [0.5, 0.6) is 0 Å². The molecule has 1 aliphatic rings. The second-order valence-corrected chi connectivity index (χ2v) is 4.44. The van der Waals surface area contributed by atoms with Crippen LogP contribution < -0.4 is 0 Å². The van der Waals surface area contributed by atoms with E-state index < -0.39 is 0 Å². The van der Waals surface area contributed by atoms with E-state index in [1.54, 1.807) is 0 Å². The smallest absolute Gasteiger partial charge is 0.257 e. The van der Waals surface area contributed by atoms with Crippen molar-refractivity contribution in [3.8, 4) is 11.4 Å². The third kappa shape index (κ3) is 2.27. The number of morpholine rings is 1. The number of ether oxygens (including phenoxy) is 1. The van der Waals surface area contributed by atoms with Crippen LogP contribution in [0.1, 0.15) is 12.0 Å². The molecule has 0 radical (unpaired) electrons. The van der Waals surface area contributed by atoms with Gasteiger partial charge in [-0.1, -0.05) is 35.5 Å². The molecule has 0 bridgehead atoms. The van der Waals surface area contributed by atoms with Crippen molar-refractivity contribution in [2.45, 2.75) is 6.10 Å². The van der Waals surface area contributed by atoms with Gasteiger partial charge in [-0.25, -0.2) is 0 Å². The number of aromatic nitrogens is 2. The van der Waals surface area contributed by atoms with Crippen LogP contribution in [0.15, 0.2) is 34.9 Å². The first-order chi connectivity index (χ1) is 8.83. The summed E-state index contributed by atoms with van der Waals surface area (Å²) in [6.07, 6.45) is -0.117. The van der Waals surface area contributed by atoms with Gasteiger partial charge in [-0.05, 0) is 7.05 Å². The Balaban J connectivity index is 1.81. The summed E-state index contributed by atoms with van der Waals surface area (Å²) in [5, 5.41) is 4.00. The topological polar surface area (TPSA) is 51.4 Å². The van der Waals surface area contributed by atoms with Crippen molar-refractivity contribution in [3.05, 3.63) is 36.2 Å². The number of rotatable bonds is 2. The highest BCUT2D eigenvalue weighted by atomic mass is 16.5. The Labute approximate surface area is 105 Å². The van der Waals surface area contributed by atoms with Gasteiger partial charge in [-0.15, -0.1) is 0 Å². The molecule has 2 heterocycles. The fraction of sp³-hybridized carbons (Fsp3) is 0.385. The number of benzene rings is 1. The first-order valence-electron chi connectivity index (χ1n) is 6.02. The van der Waals surface area contributed by atoms with Crippen LogP contribution in [0.4, 0.5) is 0 Å². The molecule has 18 heavy (non-hydrogen) atoms. The molecule has 1 fully saturated rings. The summed E-state index contributed by atoms with van der Waals surface area (Å²) < 4.78 is 10.9. The lowest BCUT2D eigenvalue weighted by atomic mass is 10.2. The van der Waals surface area contributed by atoms with Gasteiger partial charge < -0.3 is 14.2 Å². The van der Waals surface area contributed by atoms with Crippen molar-refractivity contribution < 1.29 is 9.26 Å². The predicted octanol–water partition coefficient (Wildman–Crippen LogP) is 1.74. The quantitative estimate of drug-likeness (QED) is 0.806. The molecule has 1 unspecified atom stereocenters. The normalized spacial score (nSPS) is 21.1. The van der Waals surface area contributed by atoms with E-state index in [0.29, 0.717) is 18.3 Å². The largest absolute Gasteiger partial charge is 0.366 e. The number of hydrogen-bond acceptors (Lipinski definition) is 5. The molecule has 0 N–H and O–H groups in total. The highest BCUT2D eigenvalue weighted by molar-refractivity contribution is 5.53. The minimum absolute atomic E-state index is 0.117. The highest BCUT2D eigenvalue weighted by Crippen LogP contribution is 2.22. The van der Waals surface area contributed by atoms with Gasteiger partial charge in [-0.3, -0.25) is 0 Å². The lowest BCUT2D eigenvalue weighted by Gasteiger charge is -2.27. The van der Waals surface area contributed by atoms with Crippen LogP contribution >= 0.6 is 0 Å². The van der Waals surface area contributed by atoms with Crippen molar-refractivity contribution in [1.82, 2.24) is 15.0 Å². The molecule has 0 saturated carbocycles. The van der Waals surface area contributed by atoms with E-state index in [-0.39, 0.29) is 6.10 Å². The molecule has 1 aliphatic heterocycles. The van der Waals surface area contributed by atoms with Crippen molar-refractivity contribution in [3.63, 3.8) is 0 Å². The Kier molecular flexibility index (Phi) is 3.08. The van der Waals surface area contributed by atoms with E-state index in [1.165, 1.54) is 0 Å². The summed E-state index contributed by atoms with van der Waals surface area (Å²) in [6, 6.07) is 9.79. The molecule has 1 atom stereocenters. The second-order valence-electron chi connectivity index (χ2n) is 4.44. The monoisotopic (exact) mass is 245 g/mol. The maximum atomic E-state index is 5.65. The van der Waals surface area contributed by atoms with Crippen LogP contribution in [0.3, 0.4) is 0 Å². The number of likely N-dealkylation sites (N-methyl/N-ethyl adjacent to an activating group) is 1. The highest BCUT2D eigenvalue weighted by Gasteiger charge is 2.25. The lowest BCUT2D eigenvalue weighted by molar-refractivity contribution is -0.0366. The summed E-state index contributed by atoms with van der Waals surface area (Å²) in [5.41, 5.74) is 0.955. The average molecular weight is 245 g/mol. The first-order valence-corrected chi connectivity index (χ1v) is 6.02. The molecule has 0 amide bonds. The maximum Gasteiger partial charge on any atom is 0.257 e. The van der Waals surface area contributed by atoms with E-state index in [4.69, 9.17) is 9.26 Å². The molecule has 0 spiro atoms. The molecule has 94 valence electrons. The minimum Gasteiger partial charge on any atom is -0.366 e. The average Bonchev–Trinajstić information content (AvgIpc) is 2.89. The van der Waals surface area contributed by atoms with E-state index in [2.05, 4.69) is 22.1 Å². The standard InChI is InChI=1S/C13H15N3O2/c1-16-7-8-17-11(9-16)13-14-12(15-18-13)10-5-3-2-4-6-10/h2-6,11H,7-9H2,1H3. The summed E-state index contributed by atoms with van der Waals surface area (Å²) in [4.78, 5) is 6.60. The number of nitrogens with zero attached hydrogens (tertiary/aromatic N) is 3. The van der Waals surface area contributed by atoms with E-state index in [9.17, 15) is 0 Å². The maximum absolute atomic E-state index is 5.65. The Morgan fingerprint density at radius 2 is 2.11 bits per heavy atom. The van der Waals surface area contributed by atoms with Crippen molar-refractivity contribution in [2.24, 2.45) is 0 Å². The predicted molar refractivity (Wildman–Crippen MR) is 65.9 cm³/mol. The molecule has 0 aliphatic carbocycles. The van der Waals surface area contributed by atoms with Gasteiger partial charge in [-0.2, -0.15) is 4.98 Å². The van der Waals surface area contributed by atoms with Crippen molar-refractivity contribution in [1.29, 1.82) is 0 Å². The van der Waals surface area contributed by atoms with Gasteiger partial charge in [0.1, 0.15) is 6.10 Å². The van der Waals surface area contributed by atoms with E-state index in [1.807, 2.05) is 30.3 Å². The fourth-order valence-electron chi connectivity index (χ4n) is 2.00. The van der Waals surface area contributed by atoms with Crippen molar-refractivity contribution >= 4 is 0 Å². The molecular formula is C13H15N3O2. The van der Waals surface area contributed by atoms with Crippen molar-refractivity contribution in [2.75, 3.05) is 26.7 Å². The zero-order valence-corrected chi connectivity index (χ0v) is 10.2. The van der Waals surface area contributed by atoms with Gasteiger partial charge in [0.2, 0.25) is 5.82 Å². The Bertz CT molecular complexity index is 512. The molecule has 2 aromatic rings. The summed E-state index contributed by atoms with van der Waals surface area (Å²) in [7, 11) is 2.06. The summed E-state index contributed by atoms with van der Waals surface area (Å²) in [5.74, 6) is 1.17. The minimum atomic E-state index is -0.117. The van der Waals surface area contributed by atoms with Gasteiger partial charge in [0.05, 0.1) is 6.61 Å². The molecule has 1 aromatic carbocycles. The molecule has 5 nitrogen and oxygen atoms in total. The third-order valence-electron chi connectivity index (χ3n) is 3.02. The Hall–Kier alpha value is -1.72. The molecule has 1 aromatic heterocycles. The Morgan fingerprint density at radius 1 is 1.28 bits per heavy atom. The summed E-state index contributed by atoms with van der Waals surface area (Å²) in [6.45, 7) is 2.43. The SMILES string of the molecule is CN1CCOC(c2nc(-c3ccccc3)no2)C1. The fourth-order valence-corrected chi connectivity index (χ4v) is 2.00. The van der Waals surface area contributed by atoms with Gasteiger partial charge in [0.25, 0.3) is 5.89 Å². The van der Waals surface area contributed by atoms with Crippen LogP contribution in [0.25, 0.3) is 11.4 Å².